The van der Waals surface area contributed by atoms with E-state index in [0.717, 1.165) is 67.2 Å². The minimum Gasteiger partial charge on any atom is -0.456 e. The van der Waals surface area contributed by atoms with Crippen molar-refractivity contribution in [1.29, 1.82) is 0 Å². The molecule has 0 radical (unpaired) electrons. The standard InChI is InChI=1S/C47H34N2O/c1-33-16-15-27-45-47(33)40-29-28-39(32-46(40)50-45)49(44-31-36-20-12-11-19-35(36)30-41(44)34-17-5-2-6-18-34)43-26-14-13-25-42(43)48(37-21-7-3-8-22-37)38-23-9-4-10-24-38/h2-32H,1H3. The van der Waals surface area contributed by atoms with E-state index in [1.165, 1.54) is 16.3 Å². The molecular weight excluding hydrogens is 609 g/mol. The number of hydrogen-bond donors (Lipinski definition) is 0. The van der Waals surface area contributed by atoms with Crippen molar-refractivity contribution in [2.75, 3.05) is 9.80 Å². The van der Waals surface area contributed by atoms with Gasteiger partial charge in [0, 0.05) is 39.5 Å². The molecule has 0 aliphatic carbocycles. The highest BCUT2D eigenvalue weighted by Crippen LogP contribution is 2.49. The summed E-state index contributed by atoms with van der Waals surface area (Å²) in [4.78, 5) is 4.75. The topological polar surface area (TPSA) is 19.6 Å². The second-order valence-corrected chi connectivity index (χ2v) is 12.6. The average molecular weight is 643 g/mol. The van der Waals surface area contributed by atoms with E-state index in [2.05, 4.69) is 205 Å². The predicted molar refractivity (Wildman–Crippen MR) is 211 cm³/mol. The molecule has 0 aliphatic heterocycles. The van der Waals surface area contributed by atoms with Crippen LogP contribution in [-0.4, -0.2) is 0 Å². The summed E-state index contributed by atoms with van der Waals surface area (Å²) < 4.78 is 6.56. The molecule has 1 heterocycles. The van der Waals surface area contributed by atoms with Crippen LogP contribution in [-0.2, 0) is 0 Å². The zero-order valence-corrected chi connectivity index (χ0v) is 27.7. The Balaban J connectivity index is 1.36. The third kappa shape index (κ3) is 5.17. The van der Waals surface area contributed by atoms with Crippen molar-refractivity contribution in [2.45, 2.75) is 6.92 Å². The minimum atomic E-state index is 0.860. The number of fused-ring (bicyclic) bond motifs is 4. The van der Waals surface area contributed by atoms with Crippen molar-refractivity contribution in [1.82, 2.24) is 0 Å². The fourth-order valence-corrected chi connectivity index (χ4v) is 7.22. The Morgan fingerprint density at radius 1 is 0.400 bits per heavy atom. The van der Waals surface area contributed by atoms with Crippen molar-refractivity contribution in [3.8, 4) is 11.1 Å². The summed E-state index contributed by atoms with van der Waals surface area (Å²) in [5, 5.41) is 4.65. The Morgan fingerprint density at radius 2 is 0.980 bits per heavy atom. The highest BCUT2D eigenvalue weighted by molar-refractivity contribution is 6.08. The molecule has 50 heavy (non-hydrogen) atoms. The van der Waals surface area contributed by atoms with Crippen LogP contribution in [0.15, 0.2) is 192 Å². The Labute approximate surface area is 291 Å². The van der Waals surface area contributed by atoms with Crippen LogP contribution < -0.4 is 9.80 Å². The van der Waals surface area contributed by atoms with Gasteiger partial charge in [0.2, 0.25) is 0 Å². The van der Waals surface area contributed by atoms with Gasteiger partial charge in [0.05, 0.1) is 17.1 Å². The summed E-state index contributed by atoms with van der Waals surface area (Å²) in [5.74, 6) is 0. The molecule has 9 aromatic rings. The first-order valence-corrected chi connectivity index (χ1v) is 17.0. The van der Waals surface area contributed by atoms with Crippen LogP contribution in [0.1, 0.15) is 5.56 Å². The van der Waals surface area contributed by atoms with E-state index < -0.39 is 0 Å². The molecule has 0 amide bonds. The summed E-state index contributed by atoms with van der Waals surface area (Å²) in [6.07, 6.45) is 0. The Bertz CT molecular complexity index is 2570. The van der Waals surface area contributed by atoms with E-state index >= 15 is 0 Å². The number of aryl methyl sites for hydroxylation is 1. The summed E-state index contributed by atoms with van der Waals surface area (Å²) in [7, 11) is 0. The average Bonchev–Trinajstić information content (AvgIpc) is 3.56. The van der Waals surface area contributed by atoms with Gasteiger partial charge < -0.3 is 14.2 Å². The number of nitrogens with zero attached hydrogens (tertiary/aromatic N) is 2. The lowest BCUT2D eigenvalue weighted by atomic mass is 9.97. The number of furan rings is 1. The van der Waals surface area contributed by atoms with Gasteiger partial charge in [-0.25, -0.2) is 0 Å². The summed E-state index contributed by atoms with van der Waals surface area (Å²) in [6, 6.07) is 66.8. The number of para-hydroxylation sites is 4. The lowest BCUT2D eigenvalue weighted by Crippen LogP contribution is -2.17. The first-order valence-electron chi connectivity index (χ1n) is 17.0. The third-order valence-electron chi connectivity index (χ3n) is 9.53. The van der Waals surface area contributed by atoms with E-state index in [0.29, 0.717) is 0 Å². The van der Waals surface area contributed by atoms with Gasteiger partial charge in [0.15, 0.2) is 0 Å². The third-order valence-corrected chi connectivity index (χ3v) is 9.53. The lowest BCUT2D eigenvalue weighted by Gasteiger charge is -2.34. The first kappa shape index (κ1) is 29.6. The zero-order valence-electron chi connectivity index (χ0n) is 27.7. The van der Waals surface area contributed by atoms with E-state index in [4.69, 9.17) is 4.42 Å². The molecule has 0 fully saturated rings. The first-order chi connectivity index (χ1) is 24.7. The monoisotopic (exact) mass is 642 g/mol. The largest absolute Gasteiger partial charge is 0.456 e. The number of rotatable bonds is 7. The van der Waals surface area contributed by atoms with Crippen LogP contribution in [0.5, 0.6) is 0 Å². The Hall–Kier alpha value is -6.58. The van der Waals surface area contributed by atoms with Crippen LogP contribution in [0, 0.1) is 6.92 Å². The normalized spacial score (nSPS) is 11.3. The zero-order chi connectivity index (χ0) is 33.4. The van der Waals surface area contributed by atoms with Gasteiger partial charge in [0.1, 0.15) is 11.2 Å². The molecule has 1 aromatic heterocycles. The van der Waals surface area contributed by atoms with Crippen LogP contribution in [0.25, 0.3) is 43.8 Å². The maximum atomic E-state index is 6.56. The molecule has 3 nitrogen and oxygen atoms in total. The van der Waals surface area contributed by atoms with E-state index in [1.807, 2.05) is 0 Å². The van der Waals surface area contributed by atoms with Crippen molar-refractivity contribution in [3.63, 3.8) is 0 Å². The van der Waals surface area contributed by atoms with Gasteiger partial charge in [-0.05, 0) is 95.6 Å². The molecule has 0 aliphatic rings. The van der Waals surface area contributed by atoms with E-state index in [9.17, 15) is 0 Å². The van der Waals surface area contributed by atoms with E-state index in [-0.39, 0.29) is 0 Å². The maximum Gasteiger partial charge on any atom is 0.137 e. The quantitative estimate of drug-likeness (QED) is 0.172. The minimum absolute atomic E-state index is 0.860. The SMILES string of the molecule is Cc1cccc2oc3cc(N(c4cc5ccccc5cc4-c4ccccc4)c4ccccc4N(c4ccccc4)c4ccccc4)ccc3c12. The van der Waals surface area contributed by atoms with Crippen molar-refractivity contribution in [3.05, 3.63) is 194 Å². The highest BCUT2D eigenvalue weighted by Gasteiger charge is 2.25. The fraction of sp³-hybridized carbons (Fsp3) is 0.0213. The summed E-state index contributed by atoms with van der Waals surface area (Å²) in [5.41, 5.74) is 11.6. The van der Waals surface area contributed by atoms with Crippen LogP contribution >= 0.6 is 0 Å². The molecule has 0 unspecified atom stereocenters. The second kappa shape index (κ2) is 12.5. The van der Waals surface area contributed by atoms with Crippen molar-refractivity contribution in [2.24, 2.45) is 0 Å². The molecule has 0 spiro atoms. The molecule has 0 bridgehead atoms. The second-order valence-electron chi connectivity index (χ2n) is 12.6. The van der Waals surface area contributed by atoms with Gasteiger partial charge in [-0.1, -0.05) is 115 Å². The number of hydrogen-bond acceptors (Lipinski definition) is 3. The van der Waals surface area contributed by atoms with Crippen LogP contribution in [0.4, 0.5) is 34.1 Å². The van der Waals surface area contributed by atoms with Gasteiger partial charge in [-0.15, -0.1) is 0 Å². The smallest absolute Gasteiger partial charge is 0.137 e. The van der Waals surface area contributed by atoms with Crippen molar-refractivity contribution >= 4 is 66.8 Å². The molecule has 8 aromatic carbocycles. The molecule has 0 saturated heterocycles. The fourth-order valence-electron chi connectivity index (χ4n) is 7.22. The molecule has 0 saturated carbocycles. The number of benzene rings is 8. The predicted octanol–water partition coefficient (Wildman–Crippen LogP) is 13.7. The molecule has 9 rings (SSSR count). The molecule has 0 atom stereocenters. The summed E-state index contributed by atoms with van der Waals surface area (Å²) in [6.45, 7) is 2.15. The van der Waals surface area contributed by atoms with Gasteiger partial charge in [-0.3, -0.25) is 0 Å². The lowest BCUT2D eigenvalue weighted by molar-refractivity contribution is 0.669. The van der Waals surface area contributed by atoms with E-state index in [1.54, 1.807) is 0 Å². The summed E-state index contributed by atoms with van der Waals surface area (Å²) >= 11 is 0. The highest BCUT2D eigenvalue weighted by atomic mass is 16.3. The maximum absolute atomic E-state index is 6.56. The number of anilines is 6. The van der Waals surface area contributed by atoms with Crippen LogP contribution in [0.3, 0.4) is 0 Å². The Kier molecular flexibility index (Phi) is 7.37. The van der Waals surface area contributed by atoms with Gasteiger partial charge in [0.25, 0.3) is 0 Å². The molecule has 238 valence electrons. The molecule has 0 N–H and O–H groups in total. The van der Waals surface area contributed by atoms with Gasteiger partial charge >= 0.3 is 0 Å². The molecule has 3 heteroatoms. The van der Waals surface area contributed by atoms with Gasteiger partial charge in [-0.2, -0.15) is 0 Å². The van der Waals surface area contributed by atoms with Crippen LogP contribution in [0.2, 0.25) is 0 Å². The Morgan fingerprint density at radius 3 is 1.66 bits per heavy atom. The van der Waals surface area contributed by atoms with Crippen molar-refractivity contribution < 1.29 is 4.42 Å². The molecular formula is C47H34N2O.